The Bertz CT molecular complexity index is 1310. The Morgan fingerprint density at radius 2 is 1.76 bits per heavy atom. The SMILES string of the molecule is CCN1C(=O)N(c2c(F)cc(N)cc2F)c2cc(C#N)ccc2-c2cc(C(F)(F)F)cnc21. The number of hydrogen-bond acceptors (Lipinski definition) is 4. The third-order valence-corrected chi connectivity index (χ3v) is 5.11. The molecule has 33 heavy (non-hydrogen) atoms. The lowest BCUT2D eigenvalue weighted by Gasteiger charge is -2.28. The molecule has 1 aliphatic rings. The van der Waals surface area contributed by atoms with Crippen LogP contribution in [0, 0.1) is 23.0 Å². The van der Waals surface area contributed by atoms with Gasteiger partial charge in [0.1, 0.15) is 11.5 Å². The van der Waals surface area contributed by atoms with Gasteiger partial charge in [-0.05, 0) is 37.3 Å². The van der Waals surface area contributed by atoms with E-state index in [4.69, 9.17) is 5.73 Å². The molecule has 0 saturated carbocycles. The number of halogens is 5. The Hall–Kier alpha value is -4.20. The van der Waals surface area contributed by atoms with Crippen molar-refractivity contribution in [3.63, 3.8) is 0 Å². The second kappa shape index (κ2) is 7.74. The number of fused-ring (bicyclic) bond motifs is 3. The second-order valence-electron chi connectivity index (χ2n) is 7.13. The summed E-state index contributed by atoms with van der Waals surface area (Å²) < 4.78 is 70.0. The van der Waals surface area contributed by atoms with Gasteiger partial charge < -0.3 is 5.73 Å². The number of benzene rings is 2. The molecule has 168 valence electrons. The number of alkyl halides is 3. The van der Waals surface area contributed by atoms with Crippen LogP contribution in [-0.4, -0.2) is 17.6 Å². The zero-order chi connectivity index (χ0) is 24.1. The number of nitrogens with two attached hydrogens (primary N) is 1. The summed E-state index contributed by atoms with van der Waals surface area (Å²) in [6.07, 6.45) is -4.14. The van der Waals surface area contributed by atoms with E-state index in [-0.39, 0.29) is 40.4 Å². The van der Waals surface area contributed by atoms with E-state index >= 15 is 0 Å². The molecule has 6 nitrogen and oxygen atoms in total. The minimum atomic E-state index is -4.73. The van der Waals surface area contributed by atoms with Crippen LogP contribution in [0.25, 0.3) is 11.1 Å². The first-order chi connectivity index (χ1) is 15.6. The summed E-state index contributed by atoms with van der Waals surface area (Å²) in [6, 6.07) is 7.12. The number of hydrogen-bond donors (Lipinski definition) is 1. The average molecular weight is 459 g/mol. The quantitative estimate of drug-likeness (QED) is 0.399. The minimum absolute atomic E-state index is 0.0224. The zero-order valence-corrected chi connectivity index (χ0v) is 16.9. The van der Waals surface area contributed by atoms with Crippen molar-refractivity contribution in [1.82, 2.24) is 4.98 Å². The summed E-state index contributed by atoms with van der Waals surface area (Å²) in [6.45, 7) is 1.46. The van der Waals surface area contributed by atoms with Crippen molar-refractivity contribution in [3.8, 4) is 17.2 Å². The fourth-order valence-electron chi connectivity index (χ4n) is 3.65. The topological polar surface area (TPSA) is 86.3 Å². The number of aromatic nitrogens is 1. The van der Waals surface area contributed by atoms with E-state index in [0.29, 0.717) is 11.1 Å². The molecule has 1 aromatic heterocycles. The summed E-state index contributed by atoms with van der Waals surface area (Å²) in [4.78, 5) is 19.1. The van der Waals surface area contributed by atoms with E-state index in [1.807, 2.05) is 6.07 Å². The molecule has 1 aliphatic heterocycles. The fourth-order valence-corrected chi connectivity index (χ4v) is 3.65. The monoisotopic (exact) mass is 459 g/mol. The Morgan fingerprint density at radius 3 is 2.33 bits per heavy atom. The normalized spacial score (nSPS) is 13.3. The summed E-state index contributed by atoms with van der Waals surface area (Å²) >= 11 is 0. The van der Waals surface area contributed by atoms with Crippen LogP contribution in [0.1, 0.15) is 18.1 Å². The van der Waals surface area contributed by atoms with Gasteiger partial charge in [-0.2, -0.15) is 18.4 Å². The zero-order valence-electron chi connectivity index (χ0n) is 16.9. The first-order valence-electron chi connectivity index (χ1n) is 9.54. The minimum Gasteiger partial charge on any atom is -0.399 e. The van der Waals surface area contributed by atoms with Crippen LogP contribution in [-0.2, 0) is 6.18 Å². The summed E-state index contributed by atoms with van der Waals surface area (Å²) in [5.41, 5.74) is 3.19. The highest BCUT2D eigenvalue weighted by Gasteiger charge is 2.38. The van der Waals surface area contributed by atoms with Gasteiger partial charge in [-0.3, -0.25) is 9.80 Å². The van der Waals surface area contributed by atoms with E-state index in [0.717, 1.165) is 23.1 Å². The molecule has 2 heterocycles. The highest BCUT2D eigenvalue weighted by atomic mass is 19.4. The van der Waals surface area contributed by atoms with Crippen LogP contribution in [0.15, 0.2) is 42.6 Å². The lowest BCUT2D eigenvalue weighted by Crippen LogP contribution is -2.41. The molecule has 2 N–H and O–H groups in total. The molecule has 0 unspecified atom stereocenters. The molecule has 0 fully saturated rings. The van der Waals surface area contributed by atoms with E-state index in [1.165, 1.54) is 25.1 Å². The number of nitrogens with zero attached hydrogens (tertiary/aromatic N) is 4. The molecule has 11 heteroatoms. The maximum absolute atomic E-state index is 14.9. The van der Waals surface area contributed by atoms with Crippen molar-refractivity contribution in [3.05, 3.63) is 65.4 Å². The number of nitrogen functional groups attached to an aromatic ring is 1. The highest BCUT2D eigenvalue weighted by Crippen LogP contribution is 2.46. The summed E-state index contributed by atoms with van der Waals surface area (Å²) in [5, 5.41) is 9.33. The van der Waals surface area contributed by atoms with Crippen molar-refractivity contribution in [2.24, 2.45) is 0 Å². The highest BCUT2D eigenvalue weighted by molar-refractivity contribution is 6.15. The van der Waals surface area contributed by atoms with Crippen molar-refractivity contribution in [1.29, 1.82) is 5.26 Å². The number of urea groups is 1. The molecule has 0 bridgehead atoms. The maximum atomic E-state index is 14.9. The molecule has 0 aliphatic carbocycles. The van der Waals surface area contributed by atoms with Crippen molar-refractivity contribution in [2.75, 3.05) is 22.1 Å². The molecule has 0 spiro atoms. The molecule has 2 amide bonds. The fraction of sp³-hybridized carbons (Fsp3) is 0.136. The predicted molar refractivity (Wildman–Crippen MR) is 111 cm³/mol. The predicted octanol–water partition coefficient (Wildman–Crippen LogP) is 5.60. The number of nitriles is 1. The van der Waals surface area contributed by atoms with Gasteiger partial charge in [0.2, 0.25) is 0 Å². The van der Waals surface area contributed by atoms with Gasteiger partial charge in [0.05, 0.1) is 22.9 Å². The van der Waals surface area contributed by atoms with E-state index in [9.17, 15) is 32.0 Å². The van der Waals surface area contributed by atoms with Gasteiger partial charge in [0.25, 0.3) is 0 Å². The van der Waals surface area contributed by atoms with Crippen molar-refractivity contribution >= 4 is 28.9 Å². The average Bonchev–Trinajstić information content (AvgIpc) is 2.84. The number of carbonyl (C=O) groups excluding carboxylic acids is 1. The first kappa shape index (κ1) is 22.0. The molecule has 3 aromatic rings. The number of pyridine rings is 1. The van der Waals surface area contributed by atoms with Crippen LogP contribution in [0.5, 0.6) is 0 Å². The van der Waals surface area contributed by atoms with Gasteiger partial charge in [0, 0.05) is 29.6 Å². The van der Waals surface area contributed by atoms with Crippen LogP contribution < -0.4 is 15.5 Å². The van der Waals surface area contributed by atoms with Crippen molar-refractivity contribution in [2.45, 2.75) is 13.1 Å². The third kappa shape index (κ3) is 3.59. The Morgan fingerprint density at radius 1 is 1.09 bits per heavy atom. The van der Waals surface area contributed by atoms with Crippen LogP contribution >= 0.6 is 0 Å². The molecule has 0 saturated heterocycles. The van der Waals surface area contributed by atoms with Crippen LogP contribution in [0.4, 0.5) is 49.6 Å². The molecular formula is C22H14F5N5O. The number of rotatable bonds is 2. The van der Waals surface area contributed by atoms with Crippen molar-refractivity contribution < 1.29 is 26.7 Å². The molecule has 0 atom stereocenters. The van der Waals surface area contributed by atoms with Gasteiger partial charge in [-0.15, -0.1) is 0 Å². The number of anilines is 4. The van der Waals surface area contributed by atoms with Gasteiger partial charge in [-0.1, -0.05) is 6.07 Å². The molecule has 0 radical (unpaired) electrons. The van der Waals surface area contributed by atoms with E-state index in [1.54, 1.807) is 0 Å². The molecule has 4 rings (SSSR count). The molecule has 2 aromatic carbocycles. The lowest BCUT2D eigenvalue weighted by molar-refractivity contribution is -0.137. The number of carbonyl (C=O) groups is 1. The maximum Gasteiger partial charge on any atom is 0.417 e. The number of amides is 2. The van der Waals surface area contributed by atoms with Crippen LogP contribution in [0.2, 0.25) is 0 Å². The van der Waals surface area contributed by atoms with Gasteiger partial charge >= 0.3 is 12.2 Å². The van der Waals surface area contributed by atoms with E-state index < -0.39 is 35.1 Å². The smallest absolute Gasteiger partial charge is 0.399 e. The Labute approximate surface area is 184 Å². The van der Waals surface area contributed by atoms with Gasteiger partial charge in [-0.25, -0.2) is 18.6 Å². The van der Waals surface area contributed by atoms with Gasteiger partial charge in [0.15, 0.2) is 11.6 Å². The third-order valence-electron chi connectivity index (χ3n) is 5.11. The standard InChI is InChI=1S/C22H14F5N5O/c1-2-31-20-15(6-12(10-30-20)22(25,26)27)14-4-3-11(9-28)5-18(14)32(21(31)33)19-16(23)7-13(29)8-17(19)24/h3-8,10H,2,29H2,1H3. The first-order valence-corrected chi connectivity index (χ1v) is 9.54. The lowest BCUT2D eigenvalue weighted by atomic mass is 10.00. The largest absolute Gasteiger partial charge is 0.417 e. The molecular weight excluding hydrogens is 445 g/mol. The second-order valence-corrected chi connectivity index (χ2v) is 7.13. The van der Waals surface area contributed by atoms with Crippen LogP contribution in [0.3, 0.4) is 0 Å². The summed E-state index contributed by atoms with van der Waals surface area (Å²) in [5.74, 6) is -2.46. The Kier molecular flexibility index (Phi) is 5.16. The summed E-state index contributed by atoms with van der Waals surface area (Å²) in [7, 11) is 0. The van der Waals surface area contributed by atoms with E-state index in [2.05, 4.69) is 4.98 Å². The Balaban J connectivity index is 2.11.